The van der Waals surface area contributed by atoms with Crippen LogP contribution >= 0.6 is 35.3 Å². The van der Waals surface area contributed by atoms with E-state index in [9.17, 15) is 4.79 Å². The summed E-state index contributed by atoms with van der Waals surface area (Å²) in [6.45, 7) is 8.37. The number of amides is 1. The largest absolute Gasteiger partial charge is 0.358 e. The zero-order valence-electron chi connectivity index (χ0n) is 12.6. The molecule has 1 aliphatic heterocycles. The number of thiazole rings is 1. The fraction of sp³-hybridized carbons (Fsp3) is 0.643. The summed E-state index contributed by atoms with van der Waals surface area (Å²) >= 11 is 8.25. The number of rotatable bonds is 3. The van der Waals surface area contributed by atoms with Crippen molar-refractivity contribution in [2.45, 2.75) is 39.0 Å². The van der Waals surface area contributed by atoms with E-state index < -0.39 is 0 Å². The average molecular weight is 344 g/mol. The molecule has 0 aromatic carbocycles. The lowest BCUT2D eigenvalue weighted by molar-refractivity contribution is -0.113. The molecule has 0 radical (unpaired) electrons. The van der Waals surface area contributed by atoms with E-state index in [4.69, 9.17) is 12.2 Å². The van der Waals surface area contributed by atoms with Gasteiger partial charge in [-0.1, -0.05) is 44.8 Å². The van der Waals surface area contributed by atoms with Crippen LogP contribution in [0.5, 0.6) is 0 Å². The Kier molecular flexibility index (Phi) is 5.62. The fourth-order valence-corrected chi connectivity index (χ4v) is 3.95. The number of hydrogen-bond donors (Lipinski definition) is 1. The molecule has 2 rings (SSSR count). The van der Waals surface area contributed by atoms with Gasteiger partial charge in [-0.2, -0.15) is 0 Å². The van der Waals surface area contributed by atoms with E-state index in [1.165, 1.54) is 35.9 Å². The normalized spacial score (nSPS) is 15.3. The molecule has 1 aromatic heterocycles. The summed E-state index contributed by atoms with van der Waals surface area (Å²) in [7, 11) is 0. The molecule has 1 fully saturated rings. The molecular formula is C14H21N3OS3. The molecule has 1 aliphatic rings. The third-order valence-corrected chi connectivity index (χ3v) is 5.49. The molecule has 0 spiro atoms. The van der Waals surface area contributed by atoms with Crippen molar-refractivity contribution < 1.29 is 4.79 Å². The number of aromatic nitrogens is 1. The molecule has 1 aromatic rings. The fourth-order valence-electron chi connectivity index (χ4n) is 1.95. The summed E-state index contributed by atoms with van der Waals surface area (Å²) in [6.07, 6.45) is 2.39. The molecule has 0 unspecified atom stereocenters. The number of hydrogen-bond acceptors (Lipinski definition) is 5. The third kappa shape index (κ3) is 4.93. The molecule has 1 amide bonds. The molecule has 116 valence electrons. The highest BCUT2D eigenvalue weighted by molar-refractivity contribution is 8.23. The van der Waals surface area contributed by atoms with Crippen LogP contribution in [0.2, 0.25) is 0 Å². The lowest BCUT2D eigenvalue weighted by Crippen LogP contribution is -2.25. The van der Waals surface area contributed by atoms with E-state index in [-0.39, 0.29) is 11.3 Å². The summed E-state index contributed by atoms with van der Waals surface area (Å²) in [5, 5.41) is 5.51. The molecule has 4 nitrogen and oxygen atoms in total. The first-order chi connectivity index (χ1) is 9.86. The Balaban J connectivity index is 1.79. The van der Waals surface area contributed by atoms with Crippen LogP contribution in [0, 0.1) is 0 Å². The highest BCUT2D eigenvalue weighted by atomic mass is 32.2. The van der Waals surface area contributed by atoms with Crippen molar-refractivity contribution in [1.29, 1.82) is 0 Å². The lowest BCUT2D eigenvalue weighted by atomic mass is 9.93. The van der Waals surface area contributed by atoms with Crippen LogP contribution in [0.1, 0.15) is 39.3 Å². The van der Waals surface area contributed by atoms with Crippen molar-refractivity contribution in [1.82, 2.24) is 9.88 Å². The first-order valence-corrected chi connectivity index (χ1v) is 9.31. The van der Waals surface area contributed by atoms with Gasteiger partial charge in [0.1, 0.15) is 4.32 Å². The molecule has 0 saturated carbocycles. The minimum Gasteiger partial charge on any atom is -0.358 e. The molecule has 0 aliphatic carbocycles. The standard InChI is InChI=1S/C14H21N3OS3/c1-14(2,3)10-8-20-12(15-10)16-11(18)9-21-13(19)17-6-4-5-7-17/h8H,4-7,9H2,1-3H3,(H,15,16,18). The molecule has 21 heavy (non-hydrogen) atoms. The van der Waals surface area contributed by atoms with Gasteiger partial charge in [-0.05, 0) is 12.8 Å². The maximum Gasteiger partial charge on any atom is 0.236 e. The quantitative estimate of drug-likeness (QED) is 0.851. The number of likely N-dealkylation sites (tertiary alicyclic amines) is 1. The highest BCUT2D eigenvalue weighted by Gasteiger charge is 2.19. The van der Waals surface area contributed by atoms with E-state index in [0.717, 1.165) is 23.1 Å². The Hall–Kier alpha value is -0.660. The van der Waals surface area contributed by atoms with Crippen LogP contribution in [0.15, 0.2) is 5.38 Å². The predicted molar refractivity (Wildman–Crippen MR) is 95.3 cm³/mol. The molecule has 2 heterocycles. The second-order valence-corrected chi connectivity index (χ2v) is 8.55. The van der Waals surface area contributed by atoms with Gasteiger partial charge in [-0.3, -0.25) is 4.79 Å². The number of nitrogens with one attached hydrogen (secondary N) is 1. The van der Waals surface area contributed by atoms with Crippen molar-refractivity contribution in [3.63, 3.8) is 0 Å². The lowest BCUT2D eigenvalue weighted by Gasteiger charge is -2.17. The van der Waals surface area contributed by atoms with Crippen LogP contribution in [0.4, 0.5) is 5.13 Å². The van der Waals surface area contributed by atoms with Gasteiger partial charge >= 0.3 is 0 Å². The Bertz CT molecular complexity index is 516. The van der Waals surface area contributed by atoms with E-state index >= 15 is 0 Å². The molecule has 7 heteroatoms. The maximum absolute atomic E-state index is 11.9. The SMILES string of the molecule is CC(C)(C)c1csc(NC(=O)CSC(=S)N2CCCC2)n1. The van der Waals surface area contributed by atoms with E-state index in [1.54, 1.807) is 0 Å². The number of thiocarbonyl (C=S) groups is 1. The summed E-state index contributed by atoms with van der Waals surface area (Å²) < 4.78 is 0.831. The first kappa shape index (κ1) is 16.7. The van der Waals surface area contributed by atoms with Gasteiger partial charge in [-0.15, -0.1) is 11.3 Å². The summed E-state index contributed by atoms with van der Waals surface area (Å²) in [5.41, 5.74) is 1.01. The summed E-state index contributed by atoms with van der Waals surface area (Å²) in [6, 6.07) is 0. The van der Waals surface area contributed by atoms with Crippen molar-refractivity contribution in [2.75, 3.05) is 24.2 Å². The van der Waals surface area contributed by atoms with Gasteiger partial charge in [0.15, 0.2) is 5.13 Å². The number of anilines is 1. The maximum atomic E-state index is 11.9. The molecule has 0 atom stereocenters. The second-order valence-electron chi connectivity index (χ2n) is 6.08. The van der Waals surface area contributed by atoms with Gasteiger partial charge in [0.25, 0.3) is 0 Å². The molecule has 1 N–H and O–H groups in total. The van der Waals surface area contributed by atoms with Gasteiger partial charge in [0.2, 0.25) is 5.91 Å². The summed E-state index contributed by atoms with van der Waals surface area (Å²) in [4.78, 5) is 18.6. The summed E-state index contributed by atoms with van der Waals surface area (Å²) in [5.74, 6) is 0.302. The van der Waals surface area contributed by atoms with Crippen LogP contribution in [-0.2, 0) is 10.2 Å². The zero-order chi connectivity index (χ0) is 15.5. The third-order valence-electron chi connectivity index (χ3n) is 3.21. The monoisotopic (exact) mass is 343 g/mol. The highest BCUT2D eigenvalue weighted by Crippen LogP contribution is 2.26. The van der Waals surface area contributed by atoms with Crippen molar-refractivity contribution >= 4 is 50.7 Å². The Morgan fingerprint density at radius 1 is 1.48 bits per heavy atom. The smallest absolute Gasteiger partial charge is 0.236 e. The number of thioether (sulfide) groups is 1. The predicted octanol–water partition coefficient (Wildman–Crippen LogP) is 3.49. The van der Waals surface area contributed by atoms with Gasteiger partial charge in [-0.25, -0.2) is 4.98 Å². The van der Waals surface area contributed by atoms with Gasteiger partial charge < -0.3 is 10.2 Å². The Morgan fingerprint density at radius 3 is 2.71 bits per heavy atom. The van der Waals surface area contributed by atoms with Crippen LogP contribution in [0.25, 0.3) is 0 Å². The van der Waals surface area contributed by atoms with Gasteiger partial charge in [0.05, 0.1) is 11.4 Å². The minimum absolute atomic E-state index is 0.00550. The topological polar surface area (TPSA) is 45.2 Å². The van der Waals surface area contributed by atoms with Crippen molar-refractivity contribution in [2.24, 2.45) is 0 Å². The average Bonchev–Trinajstić information content (AvgIpc) is 3.05. The zero-order valence-corrected chi connectivity index (χ0v) is 15.1. The van der Waals surface area contributed by atoms with Crippen molar-refractivity contribution in [3.8, 4) is 0 Å². The number of nitrogens with zero attached hydrogens (tertiary/aromatic N) is 2. The number of carbonyl (C=O) groups is 1. The van der Waals surface area contributed by atoms with E-state index in [0.29, 0.717) is 10.9 Å². The number of carbonyl (C=O) groups excluding carboxylic acids is 1. The van der Waals surface area contributed by atoms with Crippen molar-refractivity contribution in [3.05, 3.63) is 11.1 Å². The minimum atomic E-state index is -0.0450. The second kappa shape index (κ2) is 7.07. The van der Waals surface area contributed by atoms with Crippen LogP contribution < -0.4 is 5.32 Å². The Morgan fingerprint density at radius 2 is 2.14 bits per heavy atom. The molecule has 1 saturated heterocycles. The van der Waals surface area contributed by atoms with E-state index in [2.05, 4.69) is 36.0 Å². The van der Waals surface area contributed by atoms with Crippen LogP contribution in [0.3, 0.4) is 0 Å². The van der Waals surface area contributed by atoms with Gasteiger partial charge in [0, 0.05) is 23.9 Å². The van der Waals surface area contributed by atoms with Crippen LogP contribution in [-0.4, -0.2) is 39.0 Å². The van der Waals surface area contributed by atoms with E-state index in [1.807, 2.05) is 5.38 Å². The first-order valence-electron chi connectivity index (χ1n) is 7.04. The Labute approximate surface area is 139 Å². The molecular weight excluding hydrogens is 322 g/mol. The molecule has 0 bridgehead atoms.